The Balaban J connectivity index is 2.53. The molecule has 0 bridgehead atoms. The number of nitrogens with one attached hydrogen (secondary N) is 1. The Morgan fingerprint density at radius 3 is 2.82 bits per heavy atom. The normalized spacial score (nSPS) is 13.4. The molecule has 0 spiro atoms. The van der Waals surface area contributed by atoms with Gasteiger partial charge in [-0.1, -0.05) is 6.92 Å². The molecule has 5 N–H and O–H groups in total. The van der Waals surface area contributed by atoms with Gasteiger partial charge in [0.2, 0.25) is 0 Å². The first-order chi connectivity index (χ1) is 8.02. The Labute approximate surface area is 100 Å². The van der Waals surface area contributed by atoms with Gasteiger partial charge in [-0.2, -0.15) is 0 Å². The zero-order chi connectivity index (χ0) is 12.8. The van der Waals surface area contributed by atoms with E-state index in [0.717, 1.165) is 6.42 Å². The molecule has 1 unspecified atom stereocenters. The van der Waals surface area contributed by atoms with Gasteiger partial charge >= 0.3 is 0 Å². The highest BCUT2D eigenvalue weighted by atomic mass is 16.3. The fourth-order valence-electron chi connectivity index (χ4n) is 1.16. The predicted molar refractivity (Wildman–Crippen MR) is 65.4 cm³/mol. The number of aliphatic imine (C=N–C) groups is 1. The second-order valence-corrected chi connectivity index (χ2v) is 3.82. The predicted octanol–water partition coefficient (Wildman–Crippen LogP) is 0.581. The van der Waals surface area contributed by atoms with Crippen molar-refractivity contribution < 1.29 is 9.21 Å². The molecule has 0 aliphatic carbocycles. The van der Waals surface area contributed by atoms with Gasteiger partial charge < -0.3 is 21.2 Å². The molecule has 1 rings (SSSR count). The summed E-state index contributed by atoms with van der Waals surface area (Å²) in [6.45, 7) is 4.35. The molecule has 1 aromatic rings. The monoisotopic (exact) mass is 238 g/mol. The van der Waals surface area contributed by atoms with Crippen LogP contribution in [0.1, 0.15) is 36.4 Å². The van der Waals surface area contributed by atoms with Gasteiger partial charge in [0.1, 0.15) is 18.6 Å². The van der Waals surface area contributed by atoms with Crippen LogP contribution in [0.3, 0.4) is 0 Å². The molecule has 0 radical (unpaired) electrons. The molecule has 1 heterocycles. The summed E-state index contributed by atoms with van der Waals surface area (Å²) in [7, 11) is 0. The standard InChI is InChI=1S/C11H18N4O2/c1-3-7(2)15-11(13)14-5-9-4-8(6-17-9)10(12)16/h4,6-7H,3,5H2,1-2H3,(H2,12,16)(H3,13,14,15). The van der Waals surface area contributed by atoms with Crippen LogP contribution in [-0.2, 0) is 6.54 Å². The van der Waals surface area contributed by atoms with Crippen molar-refractivity contribution in [3.8, 4) is 0 Å². The van der Waals surface area contributed by atoms with Crippen LogP contribution in [-0.4, -0.2) is 17.9 Å². The Bertz CT molecular complexity index is 411. The van der Waals surface area contributed by atoms with E-state index in [4.69, 9.17) is 15.9 Å². The lowest BCUT2D eigenvalue weighted by Gasteiger charge is -2.11. The largest absolute Gasteiger partial charge is 0.467 e. The van der Waals surface area contributed by atoms with E-state index < -0.39 is 5.91 Å². The minimum atomic E-state index is -0.519. The number of guanidine groups is 1. The Morgan fingerprint density at radius 1 is 1.59 bits per heavy atom. The van der Waals surface area contributed by atoms with Crippen LogP contribution in [0.4, 0.5) is 0 Å². The van der Waals surface area contributed by atoms with E-state index in [0.29, 0.717) is 17.3 Å². The first kappa shape index (κ1) is 13.1. The van der Waals surface area contributed by atoms with Gasteiger partial charge in [-0.25, -0.2) is 4.99 Å². The minimum absolute atomic E-state index is 0.275. The second kappa shape index (κ2) is 5.93. The summed E-state index contributed by atoms with van der Waals surface area (Å²) in [6, 6.07) is 1.83. The number of carbonyl (C=O) groups is 1. The van der Waals surface area contributed by atoms with Crippen LogP contribution >= 0.6 is 0 Å². The molecule has 6 heteroatoms. The molecule has 0 aliphatic rings. The van der Waals surface area contributed by atoms with Gasteiger partial charge in [0, 0.05) is 6.04 Å². The zero-order valence-corrected chi connectivity index (χ0v) is 10.1. The molecule has 6 nitrogen and oxygen atoms in total. The lowest BCUT2D eigenvalue weighted by molar-refractivity contribution is 0.0999. The number of hydrogen-bond acceptors (Lipinski definition) is 3. The highest BCUT2D eigenvalue weighted by Gasteiger charge is 2.06. The van der Waals surface area contributed by atoms with Crippen LogP contribution < -0.4 is 16.8 Å². The van der Waals surface area contributed by atoms with Gasteiger partial charge in [0.15, 0.2) is 5.96 Å². The van der Waals surface area contributed by atoms with E-state index in [-0.39, 0.29) is 12.6 Å². The van der Waals surface area contributed by atoms with E-state index in [1.54, 1.807) is 6.07 Å². The van der Waals surface area contributed by atoms with Gasteiger partial charge in [0.25, 0.3) is 5.91 Å². The van der Waals surface area contributed by atoms with Crippen molar-refractivity contribution in [2.75, 3.05) is 0 Å². The summed E-state index contributed by atoms with van der Waals surface area (Å²) in [5, 5.41) is 3.02. The number of carbonyl (C=O) groups excluding carboxylic acids is 1. The van der Waals surface area contributed by atoms with Crippen LogP contribution in [0.15, 0.2) is 21.7 Å². The van der Waals surface area contributed by atoms with Gasteiger partial charge in [0.05, 0.1) is 5.56 Å². The van der Waals surface area contributed by atoms with Gasteiger partial charge in [-0.05, 0) is 19.4 Å². The molecule has 0 aromatic carbocycles. The summed E-state index contributed by atoms with van der Waals surface area (Å²) in [5.74, 6) is 0.388. The second-order valence-electron chi connectivity index (χ2n) is 3.82. The molecule has 17 heavy (non-hydrogen) atoms. The summed E-state index contributed by atoms with van der Waals surface area (Å²) >= 11 is 0. The molecule has 1 amide bonds. The molecule has 0 fully saturated rings. The first-order valence-corrected chi connectivity index (χ1v) is 5.46. The zero-order valence-electron chi connectivity index (χ0n) is 10.1. The average molecular weight is 238 g/mol. The lowest BCUT2D eigenvalue weighted by atomic mass is 10.3. The number of nitrogens with zero attached hydrogens (tertiary/aromatic N) is 1. The third-order valence-electron chi connectivity index (χ3n) is 2.35. The fourth-order valence-corrected chi connectivity index (χ4v) is 1.16. The maximum Gasteiger partial charge on any atom is 0.251 e. The summed E-state index contributed by atoms with van der Waals surface area (Å²) in [5.41, 5.74) is 11.1. The van der Waals surface area contributed by atoms with Crippen molar-refractivity contribution >= 4 is 11.9 Å². The highest BCUT2D eigenvalue weighted by Crippen LogP contribution is 2.08. The maximum absolute atomic E-state index is 10.8. The maximum atomic E-state index is 10.8. The van der Waals surface area contributed by atoms with Crippen molar-refractivity contribution in [3.05, 3.63) is 23.7 Å². The molecule has 1 aromatic heterocycles. The van der Waals surface area contributed by atoms with Crippen molar-refractivity contribution in [1.82, 2.24) is 5.32 Å². The van der Waals surface area contributed by atoms with Crippen LogP contribution in [0.25, 0.3) is 0 Å². The van der Waals surface area contributed by atoms with Crippen molar-refractivity contribution in [2.45, 2.75) is 32.9 Å². The number of rotatable bonds is 5. The Morgan fingerprint density at radius 2 is 2.29 bits per heavy atom. The molecule has 0 saturated carbocycles. The highest BCUT2D eigenvalue weighted by molar-refractivity contribution is 5.92. The van der Waals surface area contributed by atoms with Crippen molar-refractivity contribution in [3.63, 3.8) is 0 Å². The topological polar surface area (TPSA) is 107 Å². The minimum Gasteiger partial charge on any atom is -0.467 e. The molecule has 0 aliphatic heterocycles. The first-order valence-electron chi connectivity index (χ1n) is 5.46. The molecular weight excluding hydrogens is 220 g/mol. The molecule has 0 saturated heterocycles. The van der Waals surface area contributed by atoms with Gasteiger partial charge in [-0.15, -0.1) is 0 Å². The van der Waals surface area contributed by atoms with Crippen molar-refractivity contribution in [2.24, 2.45) is 16.5 Å². The summed E-state index contributed by atoms with van der Waals surface area (Å²) < 4.78 is 5.12. The SMILES string of the molecule is CCC(C)NC(N)=NCc1cc(C(N)=O)co1. The number of primary amides is 1. The van der Waals surface area contributed by atoms with E-state index in [1.807, 2.05) is 6.92 Å². The van der Waals surface area contributed by atoms with E-state index in [9.17, 15) is 4.79 Å². The smallest absolute Gasteiger partial charge is 0.251 e. The van der Waals surface area contributed by atoms with Crippen molar-refractivity contribution in [1.29, 1.82) is 0 Å². The summed E-state index contributed by atoms with van der Waals surface area (Å²) in [6.07, 6.45) is 2.27. The Kier molecular flexibility index (Phi) is 4.56. The molecular formula is C11H18N4O2. The van der Waals surface area contributed by atoms with Crippen LogP contribution in [0, 0.1) is 0 Å². The Hall–Kier alpha value is -1.98. The third kappa shape index (κ3) is 4.18. The van der Waals surface area contributed by atoms with E-state index >= 15 is 0 Å². The average Bonchev–Trinajstić information content (AvgIpc) is 2.75. The number of hydrogen-bond donors (Lipinski definition) is 3. The number of furan rings is 1. The lowest BCUT2D eigenvalue weighted by Crippen LogP contribution is -2.38. The number of amides is 1. The van der Waals surface area contributed by atoms with Gasteiger partial charge in [-0.3, -0.25) is 4.79 Å². The van der Waals surface area contributed by atoms with E-state index in [2.05, 4.69) is 17.2 Å². The van der Waals surface area contributed by atoms with E-state index in [1.165, 1.54) is 6.26 Å². The fraction of sp³-hybridized carbons (Fsp3) is 0.455. The quantitative estimate of drug-likeness (QED) is 0.515. The third-order valence-corrected chi connectivity index (χ3v) is 2.35. The summed E-state index contributed by atoms with van der Waals surface area (Å²) in [4.78, 5) is 14.9. The number of nitrogens with two attached hydrogens (primary N) is 2. The molecule has 94 valence electrons. The van der Waals surface area contributed by atoms with Crippen LogP contribution in [0.2, 0.25) is 0 Å². The van der Waals surface area contributed by atoms with Crippen LogP contribution in [0.5, 0.6) is 0 Å². The molecule has 1 atom stereocenters.